The van der Waals surface area contributed by atoms with Crippen LogP contribution in [0.2, 0.25) is 0 Å². The van der Waals surface area contributed by atoms with Crippen LogP contribution in [0.5, 0.6) is 0 Å². The van der Waals surface area contributed by atoms with Crippen LogP contribution in [-0.4, -0.2) is 104 Å². The maximum Gasteiger partial charge on any atom is 0.251 e. The lowest BCUT2D eigenvalue weighted by atomic mass is 10.2. The van der Waals surface area contributed by atoms with E-state index in [9.17, 15) is 9.90 Å². The highest BCUT2D eigenvalue weighted by molar-refractivity contribution is 5.87. The van der Waals surface area contributed by atoms with Crippen LogP contribution in [0.1, 0.15) is 12.5 Å². The van der Waals surface area contributed by atoms with Gasteiger partial charge in [0, 0.05) is 64.4 Å². The third-order valence-electron chi connectivity index (χ3n) is 6.26. The third-order valence-corrected chi connectivity index (χ3v) is 6.26. The second-order valence-electron chi connectivity index (χ2n) is 8.79. The summed E-state index contributed by atoms with van der Waals surface area (Å²) in [5.41, 5.74) is 8.85. The van der Waals surface area contributed by atoms with Gasteiger partial charge in [-0.25, -0.2) is 19.9 Å². The van der Waals surface area contributed by atoms with E-state index < -0.39 is 6.10 Å². The second-order valence-corrected chi connectivity index (χ2v) is 8.79. The largest absolute Gasteiger partial charge is 0.384 e. The topological polar surface area (TPSA) is 147 Å². The van der Waals surface area contributed by atoms with Crippen LogP contribution in [-0.2, 0) is 16.1 Å². The number of nitrogen functional groups attached to an aromatic ring is 1. The number of aliphatic hydroxyl groups excluding tert-OH is 1. The van der Waals surface area contributed by atoms with Gasteiger partial charge in [0.15, 0.2) is 11.6 Å². The third kappa shape index (κ3) is 5.14. The number of morpholine rings is 1. The quantitative estimate of drug-likeness (QED) is 0.507. The normalized spacial score (nSPS) is 18.1. The molecule has 5 heterocycles. The Bertz CT molecular complexity index is 1190. The van der Waals surface area contributed by atoms with Crippen molar-refractivity contribution in [2.75, 3.05) is 63.1 Å². The lowest BCUT2D eigenvalue weighted by molar-refractivity contribution is -0.141. The fourth-order valence-corrected chi connectivity index (χ4v) is 4.36. The highest BCUT2D eigenvalue weighted by atomic mass is 16.5. The highest BCUT2D eigenvalue weighted by Crippen LogP contribution is 2.27. The maximum atomic E-state index is 12.0. The molecule has 0 aliphatic carbocycles. The number of pyridine rings is 1. The minimum atomic E-state index is -0.966. The molecule has 184 valence electrons. The number of aromatic nitrogens is 5. The molecule has 12 heteroatoms. The molecule has 2 aliphatic rings. The number of anilines is 2. The molecular formula is C23H29N9O3. The van der Waals surface area contributed by atoms with Gasteiger partial charge in [-0.2, -0.15) is 0 Å². The summed E-state index contributed by atoms with van der Waals surface area (Å²) in [4.78, 5) is 40.7. The van der Waals surface area contributed by atoms with Crippen molar-refractivity contribution in [3.05, 3.63) is 30.2 Å². The van der Waals surface area contributed by atoms with Gasteiger partial charge in [0.1, 0.15) is 11.6 Å². The van der Waals surface area contributed by atoms with Crippen molar-refractivity contribution in [3.8, 4) is 11.4 Å². The summed E-state index contributed by atoms with van der Waals surface area (Å²) in [6.45, 7) is 7.56. The molecule has 35 heavy (non-hydrogen) atoms. The summed E-state index contributed by atoms with van der Waals surface area (Å²) < 4.78 is 5.52. The number of piperazine rings is 1. The molecule has 0 radical (unpaired) electrons. The minimum Gasteiger partial charge on any atom is -0.384 e. The molecule has 2 saturated heterocycles. The number of aliphatic hydroxyl groups is 1. The van der Waals surface area contributed by atoms with E-state index in [0.29, 0.717) is 44.2 Å². The summed E-state index contributed by atoms with van der Waals surface area (Å²) in [5, 5.41) is 9.56. The standard InChI is InChI=1S/C23H29N9O3/c1-15(33)22(34)32-4-2-30(3-5-32)14-16-10-18-19(25-11-16)21(31-6-8-35-9-7-31)29-20(28-18)17-12-26-23(24)27-13-17/h10-13,15,33H,2-9,14H2,1H3,(H2,24,26,27). The molecule has 5 rings (SSSR count). The van der Waals surface area contributed by atoms with Crippen molar-refractivity contribution >= 4 is 28.7 Å². The number of hydrogen-bond acceptors (Lipinski definition) is 11. The molecular weight excluding hydrogens is 450 g/mol. The van der Waals surface area contributed by atoms with E-state index in [2.05, 4.69) is 19.8 Å². The maximum absolute atomic E-state index is 12.0. The Morgan fingerprint density at radius 2 is 1.77 bits per heavy atom. The molecule has 2 aliphatic heterocycles. The van der Waals surface area contributed by atoms with Crippen LogP contribution < -0.4 is 10.6 Å². The highest BCUT2D eigenvalue weighted by Gasteiger charge is 2.24. The molecule has 0 bridgehead atoms. The number of carbonyl (C=O) groups is 1. The lowest BCUT2D eigenvalue weighted by Gasteiger charge is -2.35. The fourth-order valence-electron chi connectivity index (χ4n) is 4.36. The van der Waals surface area contributed by atoms with Crippen molar-refractivity contribution in [2.24, 2.45) is 0 Å². The van der Waals surface area contributed by atoms with Gasteiger partial charge >= 0.3 is 0 Å². The molecule has 1 atom stereocenters. The Morgan fingerprint density at radius 1 is 1.06 bits per heavy atom. The first-order valence-electron chi connectivity index (χ1n) is 11.7. The molecule has 0 aromatic carbocycles. The van der Waals surface area contributed by atoms with Crippen molar-refractivity contribution in [1.29, 1.82) is 0 Å². The molecule has 0 saturated carbocycles. The Kier molecular flexibility index (Phi) is 6.66. The first kappa shape index (κ1) is 23.3. The van der Waals surface area contributed by atoms with Crippen molar-refractivity contribution in [1.82, 2.24) is 34.7 Å². The van der Waals surface area contributed by atoms with Crippen LogP contribution >= 0.6 is 0 Å². The van der Waals surface area contributed by atoms with Gasteiger partial charge in [0.05, 0.1) is 24.3 Å². The zero-order valence-electron chi connectivity index (χ0n) is 19.7. The van der Waals surface area contributed by atoms with Gasteiger partial charge in [0.25, 0.3) is 5.91 Å². The van der Waals surface area contributed by atoms with E-state index in [1.165, 1.54) is 6.92 Å². The molecule has 3 aromatic rings. The Hall–Kier alpha value is -3.48. The van der Waals surface area contributed by atoms with Gasteiger partial charge in [-0.1, -0.05) is 0 Å². The SMILES string of the molecule is CC(O)C(=O)N1CCN(Cc2cnc3c(N4CCOCC4)nc(-c4cnc(N)nc4)nc3c2)CC1. The van der Waals surface area contributed by atoms with Crippen LogP contribution in [0.3, 0.4) is 0 Å². The van der Waals surface area contributed by atoms with Gasteiger partial charge in [-0.15, -0.1) is 0 Å². The van der Waals surface area contributed by atoms with Gasteiger partial charge in [-0.3, -0.25) is 14.7 Å². The van der Waals surface area contributed by atoms with E-state index >= 15 is 0 Å². The first-order valence-corrected chi connectivity index (χ1v) is 11.7. The summed E-state index contributed by atoms with van der Waals surface area (Å²) >= 11 is 0. The predicted octanol–water partition coefficient (Wildman–Crippen LogP) is -0.0744. The van der Waals surface area contributed by atoms with Gasteiger partial charge in [0.2, 0.25) is 5.95 Å². The van der Waals surface area contributed by atoms with E-state index in [1.54, 1.807) is 17.3 Å². The van der Waals surface area contributed by atoms with E-state index in [-0.39, 0.29) is 11.9 Å². The van der Waals surface area contributed by atoms with Crippen LogP contribution in [0.4, 0.5) is 11.8 Å². The summed E-state index contributed by atoms with van der Waals surface area (Å²) in [5.74, 6) is 1.26. The van der Waals surface area contributed by atoms with Gasteiger partial charge in [-0.05, 0) is 18.6 Å². The summed E-state index contributed by atoms with van der Waals surface area (Å²) in [6.07, 6.45) is 4.15. The molecule has 2 fully saturated rings. The van der Waals surface area contributed by atoms with E-state index in [1.807, 2.05) is 12.3 Å². The smallest absolute Gasteiger partial charge is 0.251 e. The second kappa shape index (κ2) is 10.0. The molecule has 3 aromatic heterocycles. The van der Waals surface area contributed by atoms with E-state index in [4.69, 9.17) is 25.4 Å². The van der Waals surface area contributed by atoms with Crippen molar-refractivity contribution in [3.63, 3.8) is 0 Å². The summed E-state index contributed by atoms with van der Waals surface area (Å²) in [6, 6.07) is 2.04. The van der Waals surface area contributed by atoms with Crippen LogP contribution in [0.15, 0.2) is 24.7 Å². The zero-order chi connectivity index (χ0) is 24.4. The average molecular weight is 480 g/mol. The molecule has 0 spiro atoms. The van der Waals surface area contributed by atoms with Gasteiger partial charge < -0.3 is 25.4 Å². The number of nitrogens with two attached hydrogens (primary N) is 1. The van der Waals surface area contributed by atoms with E-state index in [0.717, 1.165) is 48.6 Å². The lowest BCUT2D eigenvalue weighted by Crippen LogP contribution is -2.50. The monoisotopic (exact) mass is 479 g/mol. The predicted molar refractivity (Wildman–Crippen MR) is 129 cm³/mol. The number of carbonyl (C=O) groups excluding carboxylic acids is 1. The Balaban J connectivity index is 1.42. The fraction of sp³-hybridized carbons (Fsp3) is 0.478. The van der Waals surface area contributed by atoms with Crippen LogP contribution in [0, 0.1) is 0 Å². The first-order chi connectivity index (χ1) is 17.0. The molecule has 12 nitrogen and oxygen atoms in total. The number of rotatable bonds is 5. The number of ether oxygens (including phenoxy) is 1. The molecule has 3 N–H and O–H groups in total. The molecule has 1 amide bonds. The van der Waals surface area contributed by atoms with Crippen molar-refractivity contribution < 1.29 is 14.6 Å². The number of hydrogen-bond donors (Lipinski definition) is 2. The zero-order valence-corrected chi connectivity index (χ0v) is 19.7. The Morgan fingerprint density at radius 3 is 2.46 bits per heavy atom. The minimum absolute atomic E-state index is 0.196. The summed E-state index contributed by atoms with van der Waals surface area (Å²) in [7, 11) is 0. The average Bonchev–Trinajstić information content (AvgIpc) is 2.89. The number of fused-ring (bicyclic) bond motifs is 1. The number of amides is 1. The number of nitrogens with zero attached hydrogens (tertiary/aromatic N) is 8. The van der Waals surface area contributed by atoms with Crippen molar-refractivity contribution in [2.45, 2.75) is 19.6 Å². The van der Waals surface area contributed by atoms with Crippen LogP contribution in [0.25, 0.3) is 22.4 Å². The Labute approximate surface area is 202 Å². The molecule has 1 unspecified atom stereocenters.